The Morgan fingerprint density at radius 1 is 1.33 bits per heavy atom. The van der Waals surface area contributed by atoms with Gasteiger partial charge in [-0.1, -0.05) is 44.2 Å². The Morgan fingerprint density at radius 2 is 2.00 bits per heavy atom. The molecular weight excluding hydrogens is 262 g/mol. The van der Waals surface area contributed by atoms with Gasteiger partial charge in [0.1, 0.15) is 0 Å². The van der Waals surface area contributed by atoms with Crippen molar-refractivity contribution in [3.63, 3.8) is 0 Å². The molecule has 0 saturated carbocycles. The topological polar surface area (TPSA) is 35.6 Å². The summed E-state index contributed by atoms with van der Waals surface area (Å²) in [6, 6.07) is 11.0. The molecule has 1 aliphatic heterocycles. The second-order valence-electron chi connectivity index (χ2n) is 6.48. The molecule has 4 nitrogen and oxygen atoms in total. The van der Waals surface area contributed by atoms with Crippen LogP contribution in [-0.2, 0) is 0 Å². The van der Waals surface area contributed by atoms with Crippen LogP contribution in [0, 0.1) is 5.92 Å². The van der Waals surface area contributed by atoms with Crippen LogP contribution in [0.25, 0.3) is 0 Å². The van der Waals surface area contributed by atoms with Crippen LogP contribution in [0.1, 0.15) is 31.9 Å². The van der Waals surface area contributed by atoms with E-state index in [4.69, 9.17) is 0 Å². The number of amides is 2. The van der Waals surface area contributed by atoms with Gasteiger partial charge >= 0.3 is 6.03 Å². The SMILES string of the molecule is CC(C)CC1CNC(c2ccccc2)CN1C(=O)N(C)C. The molecule has 1 aliphatic rings. The Kier molecular flexibility index (Phi) is 5.23. The molecule has 0 spiro atoms. The summed E-state index contributed by atoms with van der Waals surface area (Å²) < 4.78 is 0. The highest BCUT2D eigenvalue weighted by molar-refractivity contribution is 5.74. The zero-order chi connectivity index (χ0) is 15.4. The van der Waals surface area contributed by atoms with Crippen LogP contribution < -0.4 is 5.32 Å². The minimum absolute atomic E-state index is 0.114. The van der Waals surface area contributed by atoms with Crippen LogP contribution in [0.2, 0.25) is 0 Å². The quantitative estimate of drug-likeness (QED) is 0.928. The molecule has 116 valence electrons. The van der Waals surface area contributed by atoms with Crippen molar-refractivity contribution < 1.29 is 4.79 Å². The third-order valence-corrected chi connectivity index (χ3v) is 3.99. The molecule has 0 aromatic heterocycles. The van der Waals surface area contributed by atoms with Gasteiger partial charge in [-0.25, -0.2) is 4.79 Å². The van der Waals surface area contributed by atoms with Crippen molar-refractivity contribution in [2.45, 2.75) is 32.4 Å². The molecule has 0 bridgehead atoms. The number of piperazine rings is 1. The first kappa shape index (κ1) is 15.8. The summed E-state index contributed by atoms with van der Waals surface area (Å²) in [7, 11) is 3.66. The van der Waals surface area contributed by atoms with Crippen molar-refractivity contribution in [3.8, 4) is 0 Å². The highest BCUT2D eigenvalue weighted by atomic mass is 16.2. The fraction of sp³-hybridized carbons (Fsp3) is 0.588. The van der Waals surface area contributed by atoms with Crippen LogP contribution in [0.3, 0.4) is 0 Å². The number of benzene rings is 1. The maximum atomic E-state index is 12.5. The summed E-state index contributed by atoms with van der Waals surface area (Å²) in [5.41, 5.74) is 1.25. The molecule has 4 heteroatoms. The average Bonchev–Trinajstić information content (AvgIpc) is 2.47. The number of nitrogens with zero attached hydrogens (tertiary/aromatic N) is 2. The smallest absolute Gasteiger partial charge is 0.319 e. The molecule has 1 N–H and O–H groups in total. The first-order valence-corrected chi connectivity index (χ1v) is 7.75. The van der Waals surface area contributed by atoms with Crippen LogP contribution in [0.5, 0.6) is 0 Å². The van der Waals surface area contributed by atoms with Crippen molar-refractivity contribution in [2.24, 2.45) is 5.92 Å². The second kappa shape index (κ2) is 6.94. The van der Waals surface area contributed by atoms with E-state index in [-0.39, 0.29) is 18.1 Å². The maximum Gasteiger partial charge on any atom is 0.319 e. The van der Waals surface area contributed by atoms with Gasteiger partial charge in [-0.3, -0.25) is 0 Å². The van der Waals surface area contributed by atoms with Gasteiger partial charge in [0.15, 0.2) is 0 Å². The fourth-order valence-electron chi connectivity index (χ4n) is 2.95. The third-order valence-electron chi connectivity index (χ3n) is 3.99. The highest BCUT2D eigenvalue weighted by Gasteiger charge is 2.32. The highest BCUT2D eigenvalue weighted by Crippen LogP contribution is 2.23. The summed E-state index contributed by atoms with van der Waals surface area (Å²) in [5.74, 6) is 0.586. The lowest BCUT2D eigenvalue weighted by Crippen LogP contribution is -2.57. The molecule has 0 aliphatic carbocycles. The summed E-state index contributed by atoms with van der Waals surface area (Å²) in [4.78, 5) is 16.2. The predicted molar refractivity (Wildman–Crippen MR) is 86.2 cm³/mol. The number of carbonyl (C=O) groups excluding carboxylic acids is 1. The van der Waals surface area contributed by atoms with E-state index in [2.05, 4.69) is 43.4 Å². The molecule has 2 amide bonds. The van der Waals surface area contributed by atoms with E-state index in [1.807, 2.05) is 25.1 Å². The second-order valence-corrected chi connectivity index (χ2v) is 6.48. The van der Waals surface area contributed by atoms with Gasteiger partial charge < -0.3 is 15.1 Å². The van der Waals surface area contributed by atoms with Crippen molar-refractivity contribution in [1.82, 2.24) is 15.1 Å². The largest absolute Gasteiger partial charge is 0.331 e. The molecule has 1 aromatic carbocycles. The van der Waals surface area contributed by atoms with Gasteiger partial charge in [-0.05, 0) is 17.9 Å². The lowest BCUT2D eigenvalue weighted by atomic mass is 9.96. The molecule has 1 heterocycles. The van der Waals surface area contributed by atoms with E-state index in [0.29, 0.717) is 5.92 Å². The van der Waals surface area contributed by atoms with Crippen molar-refractivity contribution >= 4 is 6.03 Å². The predicted octanol–water partition coefficient (Wildman–Crippen LogP) is 2.73. The van der Waals surface area contributed by atoms with E-state index in [9.17, 15) is 4.79 Å². The zero-order valence-electron chi connectivity index (χ0n) is 13.5. The van der Waals surface area contributed by atoms with Crippen molar-refractivity contribution in [3.05, 3.63) is 35.9 Å². The monoisotopic (exact) mass is 289 g/mol. The lowest BCUT2D eigenvalue weighted by molar-refractivity contribution is 0.110. The van der Waals surface area contributed by atoms with Crippen LogP contribution in [-0.4, -0.2) is 49.1 Å². The molecule has 0 radical (unpaired) electrons. The van der Waals surface area contributed by atoms with Crippen LogP contribution in [0.4, 0.5) is 4.79 Å². The Hall–Kier alpha value is -1.55. The van der Waals surface area contributed by atoms with Gasteiger partial charge in [0.25, 0.3) is 0 Å². The number of nitrogens with one attached hydrogen (secondary N) is 1. The number of urea groups is 1. The van der Waals surface area contributed by atoms with E-state index in [1.54, 1.807) is 4.90 Å². The Bertz CT molecular complexity index is 458. The number of hydrogen-bond donors (Lipinski definition) is 1. The molecular formula is C17H27N3O. The molecule has 1 saturated heterocycles. The van der Waals surface area contributed by atoms with Gasteiger partial charge in [0.2, 0.25) is 0 Å². The normalized spacial score (nSPS) is 22.4. The van der Waals surface area contributed by atoms with Gasteiger partial charge in [0.05, 0.1) is 6.04 Å². The first-order valence-electron chi connectivity index (χ1n) is 7.75. The maximum absolute atomic E-state index is 12.5. The molecule has 21 heavy (non-hydrogen) atoms. The average molecular weight is 289 g/mol. The fourth-order valence-corrected chi connectivity index (χ4v) is 2.95. The minimum atomic E-state index is 0.114. The lowest BCUT2D eigenvalue weighted by Gasteiger charge is -2.42. The first-order chi connectivity index (χ1) is 9.99. The van der Waals surface area contributed by atoms with Gasteiger partial charge in [0, 0.05) is 33.2 Å². The Balaban J connectivity index is 2.14. The third kappa shape index (κ3) is 3.97. The van der Waals surface area contributed by atoms with E-state index < -0.39 is 0 Å². The van der Waals surface area contributed by atoms with E-state index in [0.717, 1.165) is 19.5 Å². The Morgan fingerprint density at radius 3 is 2.57 bits per heavy atom. The van der Waals surface area contributed by atoms with E-state index in [1.165, 1.54) is 5.56 Å². The van der Waals surface area contributed by atoms with Gasteiger partial charge in [-0.15, -0.1) is 0 Å². The molecule has 1 aromatic rings. The summed E-state index contributed by atoms with van der Waals surface area (Å²) in [6.07, 6.45) is 1.04. The molecule has 2 atom stereocenters. The van der Waals surface area contributed by atoms with Crippen molar-refractivity contribution in [2.75, 3.05) is 27.2 Å². The Labute approximate surface area is 128 Å². The number of carbonyl (C=O) groups is 1. The van der Waals surface area contributed by atoms with Crippen LogP contribution >= 0.6 is 0 Å². The van der Waals surface area contributed by atoms with E-state index >= 15 is 0 Å². The minimum Gasteiger partial charge on any atom is -0.331 e. The zero-order valence-corrected chi connectivity index (χ0v) is 13.5. The van der Waals surface area contributed by atoms with Crippen LogP contribution in [0.15, 0.2) is 30.3 Å². The number of hydrogen-bond acceptors (Lipinski definition) is 2. The molecule has 2 unspecified atom stereocenters. The molecule has 1 fully saturated rings. The summed E-state index contributed by atoms with van der Waals surface area (Å²) in [5, 5.41) is 3.60. The summed E-state index contributed by atoms with van der Waals surface area (Å²) in [6.45, 7) is 6.01. The van der Waals surface area contributed by atoms with Gasteiger partial charge in [-0.2, -0.15) is 0 Å². The van der Waals surface area contributed by atoms with Crippen molar-refractivity contribution in [1.29, 1.82) is 0 Å². The number of rotatable bonds is 3. The summed E-state index contributed by atoms with van der Waals surface area (Å²) >= 11 is 0. The molecule has 2 rings (SSSR count). The standard InChI is InChI=1S/C17H27N3O/c1-13(2)10-15-11-18-16(14-8-6-5-7-9-14)12-20(15)17(21)19(3)4/h5-9,13,15-16,18H,10-12H2,1-4H3.